The average Bonchev–Trinajstić information content (AvgIpc) is 2.65. The molecule has 0 bridgehead atoms. The molecule has 4 nitrogen and oxygen atoms in total. The van der Waals surface area contributed by atoms with Crippen molar-refractivity contribution in [3.05, 3.63) is 29.8 Å². The lowest BCUT2D eigenvalue weighted by atomic mass is 10.1. The van der Waals surface area contributed by atoms with Crippen LogP contribution in [-0.2, 0) is 9.53 Å². The summed E-state index contributed by atoms with van der Waals surface area (Å²) in [5.74, 6) is 0.376. The minimum absolute atomic E-state index is 0.117. The Balaban J connectivity index is 2.17. The number of ether oxygens (including phenoxy) is 2. The van der Waals surface area contributed by atoms with Gasteiger partial charge in [0, 0.05) is 18.0 Å². The summed E-state index contributed by atoms with van der Waals surface area (Å²) in [5, 5.41) is 0. The number of esters is 1. The summed E-state index contributed by atoms with van der Waals surface area (Å²) in [6.07, 6.45) is 0.117. The number of carbonyl (C=O) groups is 1. The second kappa shape index (κ2) is 4.53. The van der Waals surface area contributed by atoms with Crippen LogP contribution in [0.4, 0.5) is 0 Å². The van der Waals surface area contributed by atoms with Crippen LogP contribution in [-0.4, -0.2) is 18.7 Å². The first kappa shape index (κ1) is 11.0. The highest BCUT2D eigenvalue weighted by atomic mass is 16.6. The van der Waals surface area contributed by atoms with Crippen LogP contribution in [0.5, 0.6) is 5.75 Å². The van der Waals surface area contributed by atoms with Gasteiger partial charge in [-0.3, -0.25) is 0 Å². The van der Waals surface area contributed by atoms with Crippen molar-refractivity contribution < 1.29 is 14.3 Å². The Morgan fingerprint density at radius 1 is 1.50 bits per heavy atom. The molecule has 0 radical (unpaired) electrons. The molecule has 1 aromatic carbocycles. The lowest BCUT2D eigenvalue weighted by molar-refractivity contribution is -0.143. The van der Waals surface area contributed by atoms with E-state index in [1.54, 1.807) is 0 Å². The third kappa shape index (κ3) is 2.17. The Morgan fingerprint density at radius 2 is 2.25 bits per heavy atom. The number of nitrogens with two attached hydrogens (primary N) is 1. The zero-order chi connectivity index (χ0) is 11.5. The largest absolute Gasteiger partial charge is 0.478 e. The zero-order valence-corrected chi connectivity index (χ0v) is 9.18. The van der Waals surface area contributed by atoms with Gasteiger partial charge < -0.3 is 15.2 Å². The van der Waals surface area contributed by atoms with Gasteiger partial charge in [0.05, 0.1) is 6.61 Å². The number of para-hydroxylation sites is 1. The van der Waals surface area contributed by atoms with Crippen LogP contribution < -0.4 is 10.5 Å². The number of rotatable bonds is 3. The topological polar surface area (TPSA) is 61.6 Å². The van der Waals surface area contributed by atoms with Crippen molar-refractivity contribution in [2.45, 2.75) is 25.5 Å². The molecule has 0 aliphatic carbocycles. The van der Waals surface area contributed by atoms with Crippen molar-refractivity contribution in [3.8, 4) is 5.75 Å². The molecule has 0 saturated carbocycles. The fraction of sp³-hybridized carbons (Fsp3) is 0.417. The molecule has 0 amide bonds. The molecular weight excluding hydrogens is 206 g/mol. The molecular formula is C12H15NO3. The summed E-state index contributed by atoms with van der Waals surface area (Å²) in [6, 6.07) is 7.37. The number of benzene rings is 1. The molecule has 0 aromatic heterocycles. The van der Waals surface area contributed by atoms with Gasteiger partial charge in [0.25, 0.3) is 0 Å². The predicted octanol–water partition coefficient (Wildman–Crippen LogP) is 1.40. The van der Waals surface area contributed by atoms with Crippen molar-refractivity contribution in [2.75, 3.05) is 6.61 Å². The fourth-order valence-electron chi connectivity index (χ4n) is 1.70. The molecule has 16 heavy (non-hydrogen) atoms. The van der Waals surface area contributed by atoms with Gasteiger partial charge in [-0.2, -0.15) is 0 Å². The minimum atomic E-state index is -0.486. The van der Waals surface area contributed by atoms with Crippen molar-refractivity contribution in [2.24, 2.45) is 5.73 Å². The molecule has 1 saturated heterocycles. The van der Waals surface area contributed by atoms with Gasteiger partial charge >= 0.3 is 5.97 Å². The summed E-state index contributed by atoms with van der Waals surface area (Å²) in [4.78, 5) is 11.3. The number of hydrogen-bond donors (Lipinski definition) is 1. The molecule has 1 heterocycles. The predicted molar refractivity (Wildman–Crippen MR) is 59.0 cm³/mol. The van der Waals surface area contributed by atoms with Crippen LogP contribution in [0, 0.1) is 0 Å². The van der Waals surface area contributed by atoms with Crippen LogP contribution >= 0.6 is 0 Å². The van der Waals surface area contributed by atoms with E-state index < -0.39 is 6.10 Å². The van der Waals surface area contributed by atoms with E-state index in [0.717, 1.165) is 5.56 Å². The second-order valence-corrected chi connectivity index (χ2v) is 3.89. The lowest BCUT2D eigenvalue weighted by Gasteiger charge is -2.15. The molecule has 2 N–H and O–H groups in total. The summed E-state index contributed by atoms with van der Waals surface area (Å²) in [5.41, 5.74) is 6.73. The van der Waals surface area contributed by atoms with Crippen molar-refractivity contribution in [3.63, 3.8) is 0 Å². The second-order valence-electron chi connectivity index (χ2n) is 3.89. The Kier molecular flexibility index (Phi) is 3.10. The van der Waals surface area contributed by atoms with E-state index in [1.165, 1.54) is 0 Å². The van der Waals surface area contributed by atoms with Crippen LogP contribution in [0.25, 0.3) is 0 Å². The normalized spacial score (nSPS) is 21.6. The Morgan fingerprint density at radius 3 is 2.88 bits per heavy atom. The standard InChI is InChI=1S/C12H15NO3/c1-8(13)9-4-2-3-5-10(9)16-11-6-7-15-12(11)14/h2-5,8,11H,6-7,13H2,1H3. The van der Waals surface area contributed by atoms with Crippen molar-refractivity contribution in [1.82, 2.24) is 0 Å². The molecule has 0 spiro atoms. The Labute approximate surface area is 94.3 Å². The SMILES string of the molecule is CC(N)c1ccccc1OC1CCOC1=O. The third-order valence-corrected chi connectivity index (χ3v) is 2.57. The molecule has 1 aromatic rings. The maximum atomic E-state index is 11.3. The van der Waals surface area contributed by atoms with Gasteiger partial charge in [0.15, 0.2) is 6.10 Å². The molecule has 86 valence electrons. The molecule has 1 fully saturated rings. The van der Waals surface area contributed by atoms with Gasteiger partial charge in [-0.25, -0.2) is 4.79 Å². The minimum Gasteiger partial charge on any atom is -0.478 e. The van der Waals surface area contributed by atoms with Crippen molar-refractivity contribution in [1.29, 1.82) is 0 Å². The first-order valence-corrected chi connectivity index (χ1v) is 5.36. The summed E-state index contributed by atoms with van der Waals surface area (Å²) in [6.45, 7) is 2.32. The summed E-state index contributed by atoms with van der Waals surface area (Å²) in [7, 11) is 0. The van der Waals surface area contributed by atoms with Gasteiger partial charge in [-0.05, 0) is 13.0 Å². The molecule has 1 aliphatic heterocycles. The van der Waals surface area contributed by atoms with Gasteiger partial charge in [0.1, 0.15) is 5.75 Å². The van der Waals surface area contributed by atoms with E-state index in [2.05, 4.69) is 0 Å². The van der Waals surface area contributed by atoms with E-state index in [9.17, 15) is 4.79 Å². The van der Waals surface area contributed by atoms with E-state index in [-0.39, 0.29) is 12.0 Å². The Bertz CT molecular complexity index is 390. The first-order chi connectivity index (χ1) is 7.68. The van der Waals surface area contributed by atoms with Gasteiger partial charge in [-0.15, -0.1) is 0 Å². The van der Waals surface area contributed by atoms with E-state index >= 15 is 0 Å². The maximum Gasteiger partial charge on any atom is 0.347 e. The average molecular weight is 221 g/mol. The van der Waals surface area contributed by atoms with E-state index in [0.29, 0.717) is 18.8 Å². The maximum absolute atomic E-state index is 11.3. The Hall–Kier alpha value is -1.55. The van der Waals surface area contributed by atoms with E-state index in [1.807, 2.05) is 31.2 Å². The van der Waals surface area contributed by atoms with Gasteiger partial charge in [-0.1, -0.05) is 18.2 Å². The summed E-state index contributed by atoms with van der Waals surface area (Å²) < 4.78 is 10.5. The molecule has 4 heteroatoms. The number of carbonyl (C=O) groups excluding carboxylic acids is 1. The monoisotopic (exact) mass is 221 g/mol. The highest BCUT2D eigenvalue weighted by Crippen LogP contribution is 2.26. The summed E-state index contributed by atoms with van der Waals surface area (Å²) >= 11 is 0. The van der Waals surface area contributed by atoms with Crippen LogP contribution in [0.15, 0.2) is 24.3 Å². The first-order valence-electron chi connectivity index (χ1n) is 5.36. The van der Waals surface area contributed by atoms with E-state index in [4.69, 9.17) is 15.2 Å². The smallest absolute Gasteiger partial charge is 0.347 e. The van der Waals surface area contributed by atoms with Crippen LogP contribution in [0.1, 0.15) is 24.9 Å². The van der Waals surface area contributed by atoms with Gasteiger partial charge in [0.2, 0.25) is 0 Å². The fourth-order valence-corrected chi connectivity index (χ4v) is 1.70. The lowest BCUT2D eigenvalue weighted by Crippen LogP contribution is -2.23. The highest BCUT2D eigenvalue weighted by molar-refractivity contribution is 5.76. The molecule has 1 aliphatic rings. The highest BCUT2D eigenvalue weighted by Gasteiger charge is 2.29. The van der Waals surface area contributed by atoms with Crippen molar-refractivity contribution >= 4 is 5.97 Å². The number of hydrogen-bond acceptors (Lipinski definition) is 4. The van der Waals surface area contributed by atoms with Crippen LogP contribution in [0.2, 0.25) is 0 Å². The third-order valence-electron chi connectivity index (χ3n) is 2.57. The zero-order valence-electron chi connectivity index (χ0n) is 9.18. The molecule has 2 atom stereocenters. The molecule has 2 rings (SSSR count). The number of cyclic esters (lactones) is 1. The quantitative estimate of drug-likeness (QED) is 0.784. The molecule has 2 unspecified atom stereocenters. The van der Waals surface area contributed by atoms with Crippen LogP contribution in [0.3, 0.4) is 0 Å².